The minimum Gasteiger partial charge on any atom is -0.305 e. The number of likely N-dealkylation sites (N-methyl/N-ethyl adjacent to an activating group) is 1. The average molecular weight is 232 g/mol. The molecular weight excluding hydrogens is 208 g/mol. The molecule has 17 heavy (non-hydrogen) atoms. The van der Waals surface area contributed by atoms with Gasteiger partial charge in [-0.2, -0.15) is 0 Å². The van der Waals surface area contributed by atoms with E-state index in [4.69, 9.17) is 0 Å². The molecule has 1 atom stereocenters. The zero-order valence-corrected chi connectivity index (χ0v) is 11.3. The quantitative estimate of drug-likeness (QED) is 0.737. The Morgan fingerprint density at radius 2 is 2.18 bits per heavy atom. The fourth-order valence-corrected chi connectivity index (χ4v) is 2.55. The van der Waals surface area contributed by atoms with Crippen LogP contribution in [0.3, 0.4) is 0 Å². The Labute approximate surface area is 105 Å². The second kappa shape index (κ2) is 5.65. The Morgan fingerprint density at radius 3 is 2.88 bits per heavy atom. The van der Waals surface area contributed by atoms with Crippen LogP contribution in [0, 0.1) is 0 Å². The molecular formula is C15H24N2. The van der Waals surface area contributed by atoms with Gasteiger partial charge in [-0.05, 0) is 33.9 Å². The van der Waals surface area contributed by atoms with Gasteiger partial charge >= 0.3 is 0 Å². The third kappa shape index (κ3) is 3.55. The maximum absolute atomic E-state index is 2.58. The molecule has 0 radical (unpaired) electrons. The van der Waals surface area contributed by atoms with Crippen LogP contribution in [0.25, 0.3) is 0 Å². The van der Waals surface area contributed by atoms with Crippen LogP contribution in [0.1, 0.15) is 19.8 Å². The molecule has 0 aromatic heterocycles. The van der Waals surface area contributed by atoms with Crippen LogP contribution in [0.4, 0.5) is 0 Å². The Kier molecular flexibility index (Phi) is 4.19. The second-order valence-electron chi connectivity index (χ2n) is 5.48. The predicted molar refractivity (Wildman–Crippen MR) is 74.1 cm³/mol. The van der Waals surface area contributed by atoms with Crippen molar-refractivity contribution in [3.8, 4) is 0 Å². The molecule has 0 aromatic carbocycles. The topological polar surface area (TPSA) is 6.48 Å². The van der Waals surface area contributed by atoms with Crippen molar-refractivity contribution in [2.24, 2.45) is 0 Å². The minimum absolute atomic E-state index is 0.745. The maximum Gasteiger partial charge on any atom is 0.0229 e. The average Bonchev–Trinajstić information content (AvgIpc) is 2.65. The van der Waals surface area contributed by atoms with Crippen LogP contribution >= 0.6 is 0 Å². The summed E-state index contributed by atoms with van der Waals surface area (Å²) in [6.07, 6.45) is 11.5. The Balaban J connectivity index is 1.88. The van der Waals surface area contributed by atoms with Gasteiger partial charge in [0.05, 0.1) is 0 Å². The molecule has 2 rings (SSSR count). The molecule has 2 aliphatic rings. The van der Waals surface area contributed by atoms with Crippen molar-refractivity contribution >= 4 is 0 Å². The summed E-state index contributed by atoms with van der Waals surface area (Å²) in [6.45, 7) is 5.76. The van der Waals surface area contributed by atoms with Gasteiger partial charge in [0.1, 0.15) is 0 Å². The molecule has 0 aromatic rings. The van der Waals surface area contributed by atoms with Crippen molar-refractivity contribution in [1.82, 2.24) is 9.80 Å². The molecule has 2 heteroatoms. The molecule has 0 spiro atoms. The highest BCUT2D eigenvalue weighted by Crippen LogP contribution is 2.17. The summed E-state index contributed by atoms with van der Waals surface area (Å²) < 4.78 is 0. The van der Waals surface area contributed by atoms with Crippen LogP contribution in [0.5, 0.6) is 0 Å². The molecule has 0 N–H and O–H groups in total. The van der Waals surface area contributed by atoms with Gasteiger partial charge < -0.3 is 4.90 Å². The van der Waals surface area contributed by atoms with E-state index < -0.39 is 0 Å². The molecule has 0 bridgehead atoms. The first-order chi connectivity index (χ1) is 8.15. The normalized spacial score (nSPS) is 26.0. The molecule has 1 unspecified atom stereocenters. The molecule has 1 heterocycles. The van der Waals surface area contributed by atoms with Gasteiger partial charge in [-0.3, -0.25) is 4.90 Å². The monoisotopic (exact) mass is 232 g/mol. The van der Waals surface area contributed by atoms with E-state index in [0.717, 1.165) is 19.0 Å². The first kappa shape index (κ1) is 12.6. The SMILES string of the molecule is CC1=CC=C(CN2CCC(N(C)C)C2)CC=C1. The second-order valence-corrected chi connectivity index (χ2v) is 5.48. The summed E-state index contributed by atoms with van der Waals surface area (Å²) in [5, 5.41) is 0. The Bertz CT molecular complexity index is 350. The van der Waals surface area contributed by atoms with E-state index in [1.54, 1.807) is 0 Å². The number of nitrogens with zero attached hydrogens (tertiary/aromatic N) is 2. The summed E-state index contributed by atoms with van der Waals surface area (Å²) in [5.74, 6) is 0. The predicted octanol–water partition coefficient (Wildman–Crippen LogP) is 2.45. The highest BCUT2D eigenvalue weighted by Gasteiger charge is 2.23. The first-order valence-electron chi connectivity index (χ1n) is 6.57. The van der Waals surface area contributed by atoms with Crippen molar-refractivity contribution < 1.29 is 0 Å². The summed E-state index contributed by atoms with van der Waals surface area (Å²) in [6, 6.07) is 0.745. The number of hydrogen-bond acceptors (Lipinski definition) is 2. The van der Waals surface area contributed by atoms with Gasteiger partial charge in [0.15, 0.2) is 0 Å². The number of likely N-dealkylation sites (tertiary alicyclic amines) is 1. The smallest absolute Gasteiger partial charge is 0.0229 e. The van der Waals surface area contributed by atoms with E-state index >= 15 is 0 Å². The number of rotatable bonds is 3. The van der Waals surface area contributed by atoms with Gasteiger partial charge in [-0.15, -0.1) is 0 Å². The summed E-state index contributed by atoms with van der Waals surface area (Å²) in [7, 11) is 4.38. The van der Waals surface area contributed by atoms with Crippen molar-refractivity contribution in [2.75, 3.05) is 33.7 Å². The molecule has 1 fully saturated rings. The van der Waals surface area contributed by atoms with Gasteiger partial charge in [0.25, 0.3) is 0 Å². The fraction of sp³-hybridized carbons (Fsp3) is 0.600. The van der Waals surface area contributed by atoms with E-state index in [1.165, 1.54) is 30.7 Å². The lowest BCUT2D eigenvalue weighted by molar-refractivity contribution is 0.277. The fourth-order valence-electron chi connectivity index (χ4n) is 2.55. The van der Waals surface area contributed by atoms with Crippen molar-refractivity contribution in [1.29, 1.82) is 0 Å². The van der Waals surface area contributed by atoms with Gasteiger partial charge in [-0.25, -0.2) is 0 Å². The highest BCUT2D eigenvalue weighted by atomic mass is 15.2. The summed E-state index contributed by atoms with van der Waals surface area (Å²) >= 11 is 0. The zero-order chi connectivity index (χ0) is 12.3. The van der Waals surface area contributed by atoms with Crippen molar-refractivity contribution in [3.63, 3.8) is 0 Å². The van der Waals surface area contributed by atoms with Crippen LogP contribution in [-0.4, -0.2) is 49.6 Å². The largest absolute Gasteiger partial charge is 0.305 e. The molecule has 0 saturated carbocycles. The van der Waals surface area contributed by atoms with Crippen molar-refractivity contribution in [3.05, 3.63) is 35.5 Å². The molecule has 0 amide bonds. The van der Waals surface area contributed by atoms with Gasteiger partial charge in [-0.1, -0.05) is 35.5 Å². The van der Waals surface area contributed by atoms with Crippen LogP contribution in [0.2, 0.25) is 0 Å². The van der Waals surface area contributed by atoms with Crippen molar-refractivity contribution in [2.45, 2.75) is 25.8 Å². The third-order valence-electron chi connectivity index (χ3n) is 3.75. The van der Waals surface area contributed by atoms with E-state index in [2.05, 4.69) is 55.1 Å². The van der Waals surface area contributed by atoms with E-state index in [-0.39, 0.29) is 0 Å². The molecule has 94 valence electrons. The first-order valence-corrected chi connectivity index (χ1v) is 6.57. The van der Waals surface area contributed by atoms with E-state index in [1.807, 2.05) is 0 Å². The molecule has 1 aliphatic carbocycles. The maximum atomic E-state index is 2.58. The third-order valence-corrected chi connectivity index (χ3v) is 3.75. The minimum atomic E-state index is 0.745. The summed E-state index contributed by atoms with van der Waals surface area (Å²) in [4.78, 5) is 4.93. The van der Waals surface area contributed by atoms with Crippen LogP contribution < -0.4 is 0 Å². The number of hydrogen-bond donors (Lipinski definition) is 0. The van der Waals surface area contributed by atoms with Crippen LogP contribution in [-0.2, 0) is 0 Å². The lowest BCUT2D eigenvalue weighted by Crippen LogP contribution is -2.32. The lowest BCUT2D eigenvalue weighted by atomic mass is 10.1. The standard InChI is InChI=1S/C15H24N2/c1-13-5-4-6-14(8-7-13)11-17-10-9-15(12-17)16(2)3/h4-5,7-8,15H,6,9-12H2,1-3H3. The molecule has 1 saturated heterocycles. The lowest BCUT2D eigenvalue weighted by Gasteiger charge is -2.21. The highest BCUT2D eigenvalue weighted by molar-refractivity contribution is 5.30. The van der Waals surface area contributed by atoms with E-state index in [0.29, 0.717) is 0 Å². The van der Waals surface area contributed by atoms with Gasteiger partial charge in [0.2, 0.25) is 0 Å². The summed E-state index contributed by atoms with van der Waals surface area (Å²) in [5.41, 5.74) is 2.89. The zero-order valence-electron chi connectivity index (χ0n) is 11.3. The number of allylic oxidation sites excluding steroid dienone is 5. The van der Waals surface area contributed by atoms with Gasteiger partial charge in [0, 0.05) is 25.7 Å². The van der Waals surface area contributed by atoms with Crippen LogP contribution in [0.15, 0.2) is 35.5 Å². The Hall–Kier alpha value is -0.860. The van der Waals surface area contributed by atoms with E-state index in [9.17, 15) is 0 Å². The molecule has 2 nitrogen and oxygen atoms in total. The Morgan fingerprint density at radius 1 is 1.35 bits per heavy atom. The molecule has 1 aliphatic heterocycles.